The molecule has 21 heavy (non-hydrogen) atoms. The van der Waals surface area contributed by atoms with Crippen LogP contribution in [0, 0.1) is 11.3 Å². The smallest absolute Gasteiger partial charge is 0.319 e. The van der Waals surface area contributed by atoms with Crippen LogP contribution < -0.4 is 0 Å². The van der Waals surface area contributed by atoms with Crippen molar-refractivity contribution in [3.05, 3.63) is 0 Å². The summed E-state index contributed by atoms with van der Waals surface area (Å²) in [4.78, 5) is 25.4. The molecule has 3 fully saturated rings. The van der Waals surface area contributed by atoms with E-state index >= 15 is 0 Å². The van der Waals surface area contributed by atoms with Crippen LogP contribution in [0.4, 0.5) is 0 Å². The molecule has 1 aliphatic heterocycles. The molecule has 2 saturated carbocycles. The highest BCUT2D eigenvalue weighted by molar-refractivity contribution is 6.04. The lowest BCUT2D eigenvalue weighted by Crippen LogP contribution is -2.55. The van der Waals surface area contributed by atoms with Crippen molar-refractivity contribution >= 4 is 11.8 Å². The Morgan fingerprint density at radius 2 is 2.10 bits per heavy atom. The summed E-state index contributed by atoms with van der Waals surface area (Å²) in [6, 6.07) is 0. The zero-order valence-electron chi connectivity index (χ0n) is 13.0. The second-order valence-electron chi connectivity index (χ2n) is 6.90. The van der Waals surface area contributed by atoms with E-state index in [1.807, 2.05) is 6.92 Å². The van der Waals surface area contributed by atoms with E-state index in [0.29, 0.717) is 26.1 Å². The van der Waals surface area contributed by atoms with E-state index in [9.17, 15) is 9.59 Å². The molecule has 0 amide bonds. The maximum absolute atomic E-state index is 12.7. The number of carbonyl (C=O) groups excluding carboxylic acids is 2. The van der Waals surface area contributed by atoms with Crippen molar-refractivity contribution in [1.82, 2.24) is 0 Å². The Bertz CT molecular complexity index is 427. The molecule has 2 atom stereocenters. The third kappa shape index (κ3) is 2.41. The van der Waals surface area contributed by atoms with Gasteiger partial charge in [-0.1, -0.05) is 6.42 Å². The lowest BCUT2D eigenvalue weighted by Gasteiger charge is -2.51. The van der Waals surface area contributed by atoms with Crippen LogP contribution >= 0.6 is 0 Å². The summed E-state index contributed by atoms with van der Waals surface area (Å²) < 4.78 is 11.3. The summed E-state index contributed by atoms with van der Waals surface area (Å²) in [6.07, 6.45) is 8.10. The number of Topliss-reactive ketones (excluding diaryl/α,β-unsaturated/α-hetero) is 1. The highest BCUT2D eigenvalue weighted by Crippen LogP contribution is 2.52. The summed E-state index contributed by atoms with van der Waals surface area (Å²) in [7, 11) is 0. The third-order valence-corrected chi connectivity index (χ3v) is 5.82. The first-order valence-corrected chi connectivity index (χ1v) is 8.47. The zero-order chi connectivity index (χ0) is 14.9. The van der Waals surface area contributed by atoms with E-state index in [1.54, 1.807) is 0 Å². The Morgan fingerprint density at radius 1 is 1.29 bits per heavy atom. The number of esters is 1. The summed E-state index contributed by atoms with van der Waals surface area (Å²) in [5.74, 6) is -0.0388. The Hall–Kier alpha value is -0.900. The van der Waals surface area contributed by atoms with Gasteiger partial charge in [0.15, 0.2) is 0 Å². The van der Waals surface area contributed by atoms with Gasteiger partial charge in [0.05, 0.1) is 12.2 Å². The van der Waals surface area contributed by atoms with Gasteiger partial charge < -0.3 is 9.47 Å². The van der Waals surface area contributed by atoms with Crippen LogP contribution in [0.3, 0.4) is 0 Å². The first-order chi connectivity index (χ1) is 10.1. The molecule has 1 heterocycles. The Balaban J connectivity index is 1.87. The molecule has 0 bridgehead atoms. The minimum Gasteiger partial charge on any atom is -0.465 e. The highest BCUT2D eigenvalue weighted by atomic mass is 16.5. The molecule has 0 aromatic rings. The van der Waals surface area contributed by atoms with Crippen molar-refractivity contribution in [2.45, 2.75) is 70.3 Å². The Kier molecular flexibility index (Phi) is 4.08. The van der Waals surface area contributed by atoms with Crippen molar-refractivity contribution in [3.8, 4) is 0 Å². The van der Waals surface area contributed by atoms with Gasteiger partial charge in [-0.05, 0) is 57.8 Å². The van der Waals surface area contributed by atoms with Crippen LogP contribution in [-0.2, 0) is 19.1 Å². The fourth-order valence-corrected chi connectivity index (χ4v) is 4.49. The summed E-state index contributed by atoms with van der Waals surface area (Å²) >= 11 is 0. The van der Waals surface area contributed by atoms with Gasteiger partial charge >= 0.3 is 5.97 Å². The Morgan fingerprint density at radius 3 is 2.71 bits per heavy atom. The monoisotopic (exact) mass is 294 g/mol. The molecule has 0 aromatic heterocycles. The quantitative estimate of drug-likeness (QED) is 0.593. The molecule has 0 N–H and O–H groups in total. The molecule has 1 saturated heterocycles. The normalized spacial score (nSPS) is 35.3. The molecule has 0 radical (unpaired) electrons. The number of hydrogen-bond donors (Lipinski definition) is 0. The molecule has 2 aliphatic carbocycles. The van der Waals surface area contributed by atoms with Crippen LogP contribution in [0.1, 0.15) is 64.7 Å². The number of rotatable bonds is 3. The minimum absolute atomic E-state index is 0.0415. The molecule has 3 aliphatic rings. The number of ether oxygens (including phenoxy) is 2. The van der Waals surface area contributed by atoms with Crippen LogP contribution in [0.5, 0.6) is 0 Å². The molecule has 1 spiro atoms. The van der Waals surface area contributed by atoms with Crippen molar-refractivity contribution in [1.29, 1.82) is 0 Å². The SMILES string of the molecule is CCOC(=O)C1(C2CCOC3(CCC3)C2)CCCCC1=O. The summed E-state index contributed by atoms with van der Waals surface area (Å²) in [6.45, 7) is 2.84. The average molecular weight is 294 g/mol. The minimum atomic E-state index is -0.874. The van der Waals surface area contributed by atoms with Gasteiger partial charge in [0.1, 0.15) is 11.2 Å². The van der Waals surface area contributed by atoms with Crippen LogP contribution in [0.25, 0.3) is 0 Å². The second-order valence-corrected chi connectivity index (χ2v) is 6.90. The molecule has 118 valence electrons. The molecular formula is C17H26O4. The Labute approximate surface area is 126 Å². The predicted molar refractivity (Wildman–Crippen MR) is 77.8 cm³/mol. The fraction of sp³-hybridized carbons (Fsp3) is 0.882. The fourth-order valence-electron chi connectivity index (χ4n) is 4.49. The maximum Gasteiger partial charge on any atom is 0.319 e. The third-order valence-electron chi connectivity index (χ3n) is 5.82. The summed E-state index contributed by atoms with van der Waals surface area (Å²) in [5, 5.41) is 0. The van der Waals surface area contributed by atoms with Gasteiger partial charge in [-0.3, -0.25) is 9.59 Å². The molecule has 0 aromatic carbocycles. The zero-order valence-corrected chi connectivity index (χ0v) is 13.0. The number of hydrogen-bond acceptors (Lipinski definition) is 4. The number of carbonyl (C=O) groups is 2. The van der Waals surface area contributed by atoms with Crippen molar-refractivity contribution in [2.75, 3.05) is 13.2 Å². The molecule has 4 heteroatoms. The lowest BCUT2D eigenvalue weighted by molar-refractivity contribution is -0.185. The largest absolute Gasteiger partial charge is 0.465 e. The summed E-state index contributed by atoms with van der Waals surface area (Å²) in [5.41, 5.74) is -0.916. The van der Waals surface area contributed by atoms with Crippen LogP contribution in [0.15, 0.2) is 0 Å². The first-order valence-electron chi connectivity index (χ1n) is 8.47. The number of ketones is 1. The van der Waals surface area contributed by atoms with Gasteiger partial charge in [-0.2, -0.15) is 0 Å². The second kappa shape index (κ2) is 5.71. The van der Waals surface area contributed by atoms with Crippen LogP contribution in [-0.4, -0.2) is 30.6 Å². The van der Waals surface area contributed by atoms with E-state index in [0.717, 1.165) is 38.5 Å². The van der Waals surface area contributed by atoms with E-state index in [1.165, 1.54) is 6.42 Å². The van der Waals surface area contributed by atoms with Gasteiger partial charge in [0.2, 0.25) is 0 Å². The van der Waals surface area contributed by atoms with E-state index in [4.69, 9.17) is 9.47 Å². The van der Waals surface area contributed by atoms with Gasteiger partial charge in [-0.15, -0.1) is 0 Å². The maximum atomic E-state index is 12.7. The molecular weight excluding hydrogens is 268 g/mol. The van der Waals surface area contributed by atoms with E-state index in [-0.39, 0.29) is 23.3 Å². The lowest BCUT2D eigenvalue weighted by atomic mass is 9.58. The van der Waals surface area contributed by atoms with E-state index in [2.05, 4.69) is 0 Å². The molecule has 4 nitrogen and oxygen atoms in total. The predicted octanol–water partition coefficient (Wildman–Crippen LogP) is 3.03. The van der Waals surface area contributed by atoms with E-state index < -0.39 is 5.41 Å². The topological polar surface area (TPSA) is 52.6 Å². The van der Waals surface area contributed by atoms with Crippen molar-refractivity contribution in [2.24, 2.45) is 11.3 Å². The molecule has 2 unspecified atom stereocenters. The van der Waals surface area contributed by atoms with Crippen molar-refractivity contribution in [3.63, 3.8) is 0 Å². The standard InChI is InChI=1S/C17H26O4/c1-2-20-15(19)17(10-4-3-6-14(17)18)13-7-11-21-16(12-13)8-5-9-16/h13H,2-12H2,1H3. The average Bonchev–Trinajstić information content (AvgIpc) is 2.46. The van der Waals surface area contributed by atoms with Gasteiger partial charge in [0.25, 0.3) is 0 Å². The molecule has 3 rings (SSSR count). The van der Waals surface area contributed by atoms with Gasteiger partial charge in [-0.25, -0.2) is 0 Å². The first kappa shape index (κ1) is 15.0. The van der Waals surface area contributed by atoms with Gasteiger partial charge in [0, 0.05) is 13.0 Å². The highest BCUT2D eigenvalue weighted by Gasteiger charge is 2.57. The van der Waals surface area contributed by atoms with Crippen LogP contribution in [0.2, 0.25) is 0 Å². The van der Waals surface area contributed by atoms with Crippen molar-refractivity contribution < 1.29 is 19.1 Å².